The molecule has 1 aromatic heterocycles. The zero-order chi connectivity index (χ0) is 27.0. The molecule has 2 aromatic carbocycles. The lowest BCUT2D eigenvalue weighted by Gasteiger charge is -2.28. The standard InChI is InChI=1S/C31H23Cl2N4O/c1-4-36-12-10-19(23-8-6-21(32)16-28(23)36)14-25-30(27(18-34)35-3)26(31(25)38)15-20-11-13-37(5-2)29-17-22(33)7-9-24(20)29/h6-17,34H,4-5H2,1-2H3/q+1. The molecular weight excluding hydrogens is 515 g/mol. The number of Topliss-reactive ketones (excluding diaryl/α,β-unsaturated/α-hetero) is 1. The van der Waals surface area contributed by atoms with E-state index in [0.717, 1.165) is 46.4 Å². The number of rotatable bonds is 5. The molecule has 0 unspecified atom stereocenters. The molecular formula is C31H23Cl2N4O+. The minimum absolute atomic E-state index is 0.000840. The summed E-state index contributed by atoms with van der Waals surface area (Å²) in [5, 5.41) is 9.92. The second-order valence-corrected chi connectivity index (χ2v) is 9.72. The summed E-state index contributed by atoms with van der Waals surface area (Å²) in [5.41, 5.74) is 5.71. The molecule has 3 aromatic rings. The van der Waals surface area contributed by atoms with E-state index >= 15 is 0 Å². The molecule has 0 atom stereocenters. The summed E-state index contributed by atoms with van der Waals surface area (Å²) in [7, 11) is 0. The number of benzene rings is 2. The first kappa shape index (κ1) is 25.4. The number of fused-ring (bicyclic) bond motifs is 2. The van der Waals surface area contributed by atoms with Crippen LogP contribution in [0.1, 0.15) is 25.0 Å². The van der Waals surface area contributed by atoms with Crippen molar-refractivity contribution in [2.75, 3.05) is 11.4 Å². The van der Waals surface area contributed by atoms with E-state index in [1.54, 1.807) is 12.2 Å². The van der Waals surface area contributed by atoms with Crippen LogP contribution in [0.15, 0.2) is 89.4 Å². The minimum atomic E-state index is -0.180. The lowest BCUT2D eigenvalue weighted by atomic mass is 9.77. The van der Waals surface area contributed by atoms with Gasteiger partial charge in [-0.2, -0.15) is 4.57 Å². The molecule has 0 radical (unpaired) electrons. The first-order valence-corrected chi connectivity index (χ1v) is 12.9. The molecule has 2 heterocycles. The molecule has 0 spiro atoms. The summed E-state index contributed by atoms with van der Waals surface area (Å²) in [4.78, 5) is 19.1. The summed E-state index contributed by atoms with van der Waals surface area (Å²) in [6.07, 6.45) is 9.44. The Morgan fingerprint density at radius 3 is 2.61 bits per heavy atom. The maximum Gasteiger partial charge on any atom is 0.254 e. The number of carbonyl (C=O) groups excluding carboxylic acids is 1. The van der Waals surface area contributed by atoms with E-state index in [9.17, 15) is 4.79 Å². The maximum absolute atomic E-state index is 13.5. The number of allylic oxidation sites excluding steroid dienone is 5. The number of nitrogens with zero attached hydrogens (tertiary/aromatic N) is 3. The zero-order valence-electron chi connectivity index (χ0n) is 20.8. The van der Waals surface area contributed by atoms with Gasteiger partial charge in [-0.3, -0.25) is 10.2 Å². The smallest absolute Gasteiger partial charge is 0.254 e. The van der Waals surface area contributed by atoms with Gasteiger partial charge in [0.1, 0.15) is 6.54 Å². The van der Waals surface area contributed by atoms with E-state index in [-0.39, 0.29) is 11.5 Å². The van der Waals surface area contributed by atoms with Gasteiger partial charge in [0, 0.05) is 57.2 Å². The second kappa shape index (κ2) is 10.3. The molecule has 5 rings (SSSR count). The van der Waals surface area contributed by atoms with E-state index in [1.165, 1.54) is 0 Å². The SMILES string of the molecule is [C-]#[N+]C(=C=N)C1=C(/C=C2\C=CN(CC)c3cc(Cl)ccc32)C(=O)/C1=C\c1cc[n+](CC)c2cc(Cl)ccc12. The van der Waals surface area contributed by atoms with Gasteiger partial charge in [-0.05, 0) is 73.3 Å². The number of carbonyl (C=O) groups is 1. The van der Waals surface area contributed by atoms with Gasteiger partial charge in [0.25, 0.3) is 5.70 Å². The Kier molecular flexibility index (Phi) is 6.89. The molecule has 38 heavy (non-hydrogen) atoms. The fourth-order valence-corrected chi connectivity index (χ4v) is 5.23. The van der Waals surface area contributed by atoms with Crippen molar-refractivity contribution in [3.63, 3.8) is 0 Å². The van der Waals surface area contributed by atoms with E-state index in [0.29, 0.717) is 26.8 Å². The van der Waals surface area contributed by atoms with Gasteiger partial charge in [0.05, 0.1) is 17.6 Å². The minimum Gasteiger partial charge on any atom is -0.348 e. The Balaban J connectivity index is 1.68. The fourth-order valence-electron chi connectivity index (χ4n) is 4.90. The number of nitrogens with one attached hydrogen (secondary N) is 1. The second-order valence-electron chi connectivity index (χ2n) is 8.84. The Bertz CT molecular complexity index is 1750. The largest absolute Gasteiger partial charge is 0.348 e. The van der Waals surface area contributed by atoms with Gasteiger partial charge in [-0.25, -0.2) is 4.85 Å². The predicted molar refractivity (Wildman–Crippen MR) is 154 cm³/mol. The van der Waals surface area contributed by atoms with Crippen molar-refractivity contribution in [1.82, 2.24) is 0 Å². The molecule has 2 aliphatic rings. The Morgan fingerprint density at radius 2 is 1.89 bits per heavy atom. The number of hydrogen-bond donors (Lipinski definition) is 1. The van der Waals surface area contributed by atoms with Crippen LogP contribution >= 0.6 is 23.2 Å². The van der Waals surface area contributed by atoms with Crippen molar-refractivity contribution < 1.29 is 9.36 Å². The van der Waals surface area contributed by atoms with Crippen molar-refractivity contribution in [2.45, 2.75) is 20.4 Å². The quantitative estimate of drug-likeness (QED) is 0.162. The van der Waals surface area contributed by atoms with Crippen molar-refractivity contribution in [2.24, 2.45) is 0 Å². The molecule has 0 saturated carbocycles. The molecule has 1 aliphatic carbocycles. The monoisotopic (exact) mass is 537 g/mol. The van der Waals surface area contributed by atoms with Gasteiger partial charge < -0.3 is 4.90 Å². The van der Waals surface area contributed by atoms with E-state index in [1.807, 2.05) is 60.9 Å². The van der Waals surface area contributed by atoms with Gasteiger partial charge >= 0.3 is 0 Å². The van der Waals surface area contributed by atoms with Gasteiger partial charge in [-0.1, -0.05) is 29.3 Å². The Hall–Kier alpha value is -4.20. The third-order valence-corrected chi connectivity index (χ3v) is 7.27. The van der Waals surface area contributed by atoms with Crippen LogP contribution in [0.3, 0.4) is 0 Å². The third kappa shape index (κ3) is 4.30. The average Bonchev–Trinajstić information content (AvgIpc) is 2.93. The third-order valence-electron chi connectivity index (χ3n) is 6.80. The lowest BCUT2D eigenvalue weighted by molar-refractivity contribution is -0.667. The topological polar surface area (TPSA) is 52.4 Å². The molecule has 0 saturated heterocycles. The highest BCUT2D eigenvalue weighted by atomic mass is 35.5. The number of aryl methyl sites for hydroxylation is 1. The van der Waals surface area contributed by atoms with Crippen LogP contribution in [-0.4, -0.2) is 18.2 Å². The van der Waals surface area contributed by atoms with Crippen molar-refractivity contribution in [3.05, 3.63) is 122 Å². The number of halogens is 2. The van der Waals surface area contributed by atoms with Crippen molar-refractivity contribution in [3.8, 4) is 0 Å². The van der Waals surface area contributed by atoms with Crippen LogP contribution in [0.4, 0.5) is 5.69 Å². The molecule has 7 heteroatoms. The zero-order valence-corrected chi connectivity index (χ0v) is 22.4. The number of hydrogen-bond acceptors (Lipinski definition) is 3. The highest BCUT2D eigenvalue weighted by Gasteiger charge is 2.35. The van der Waals surface area contributed by atoms with Crippen molar-refractivity contribution >= 4 is 63.1 Å². The fraction of sp³-hybridized carbons (Fsp3) is 0.129. The van der Waals surface area contributed by atoms with E-state index in [2.05, 4.69) is 34.0 Å². The normalized spacial score (nSPS) is 16.5. The summed E-state index contributed by atoms with van der Waals surface area (Å²) in [6, 6.07) is 13.3. The molecule has 0 fully saturated rings. The van der Waals surface area contributed by atoms with Crippen LogP contribution in [0, 0.1) is 12.0 Å². The van der Waals surface area contributed by atoms with Crippen LogP contribution in [-0.2, 0) is 11.3 Å². The van der Waals surface area contributed by atoms with Gasteiger partial charge in [0.2, 0.25) is 5.52 Å². The number of ketones is 1. The Labute approximate surface area is 231 Å². The molecule has 5 nitrogen and oxygen atoms in total. The van der Waals surface area contributed by atoms with E-state index < -0.39 is 0 Å². The highest BCUT2D eigenvalue weighted by Crippen LogP contribution is 2.42. The predicted octanol–water partition coefficient (Wildman–Crippen LogP) is 7.21. The molecule has 186 valence electrons. The summed E-state index contributed by atoms with van der Waals surface area (Å²) in [6.45, 7) is 13.3. The first-order chi connectivity index (χ1) is 18.4. The van der Waals surface area contributed by atoms with Crippen molar-refractivity contribution in [1.29, 1.82) is 5.41 Å². The summed E-state index contributed by atoms with van der Waals surface area (Å²) < 4.78 is 2.08. The number of aromatic nitrogens is 1. The maximum atomic E-state index is 13.5. The molecule has 1 N–H and O–H groups in total. The number of pyridine rings is 1. The average molecular weight is 538 g/mol. The highest BCUT2D eigenvalue weighted by molar-refractivity contribution is 6.31. The first-order valence-electron chi connectivity index (χ1n) is 12.2. The molecule has 0 amide bonds. The van der Waals surface area contributed by atoms with Crippen LogP contribution < -0.4 is 9.47 Å². The number of anilines is 1. The van der Waals surface area contributed by atoms with Crippen LogP contribution in [0.5, 0.6) is 0 Å². The molecule has 1 aliphatic heterocycles. The summed E-state index contributed by atoms with van der Waals surface area (Å²) >= 11 is 12.5. The Morgan fingerprint density at radius 1 is 1.13 bits per heavy atom. The van der Waals surface area contributed by atoms with Gasteiger partial charge in [0.15, 0.2) is 12.0 Å². The van der Waals surface area contributed by atoms with E-state index in [4.69, 9.17) is 35.2 Å². The van der Waals surface area contributed by atoms with Crippen LogP contribution in [0.25, 0.3) is 27.4 Å². The summed E-state index contributed by atoms with van der Waals surface area (Å²) in [5.74, 6) is 2.05. The van der Waals surface area contributed by atoms with Gasteiger partial charge in [-0.15, -0.1) is 0 Å². The lowest BCUT2D eigenvalue weighted by Crippen LogP contribution is -2.32. The molecule has 0 bridgehead atoms. The van der Waals surface area contributed by atoms with Crippen LogP contribution in [0.2, 0.25) is 10.0 Å².